The van der Waals surface area contributed by atoms with Gasteiger partial charge in [-0.25, -0.2) is 4.98 Å². The Bertz CT molecular complexity index is 400. The standard InChI is InChI=1S/C11H18N4OS/c1-2-6-13-11-15-9(12)8(17-11)10(16)14-7-4-3-5-7/h7H,2-6,12H2,1H3,(H,13,15)(H,14,16). The molecule has 0 bridgehead atoms. The molecule has 1 aromatic heterocycles. The van der Waals surface area contributed by atoms with E-state index in [1.807, 2.05) is 0 Å². The molecular formula is C11H18N4OS. The van der Waals surface area contributed by atoms with Gasteiger partial charge in [-0.15, -0.1) is 0 Å². The average molecular weight is 254 g/mol. The van der Waals surface area contributed by atoms with Crippen molar-refractivity contribution in [3.63, 3.8) is 0 Å². The van der Waals surface area contributed by atoms with Gasteiger partial charge in [0.05, 0.1) is 0 Å². The molecule has 4 N–H and O–H groups in total. The topological polar surface area (TPSA) is 80.0 Å². The van der Waals surface area contributed by atoms with E-state index in [0.29, 0.717) is 16.7 Å². The molecule has 94 valence electrons. The number of anilines is 2. The van der Waals surface area contributed by atoms with Crippen molar-refractivity contribution in [2.75, 3.05) is 17.6 Å². The van der Waals surface area contributed by atoms with Crippen LogP contribution >= 0.6 is 11.3 Å². The Morgan fingerprint density at radius 1 is 1.59 bits per heavy atom. The van der Waals surface area contributed by atoms with Crippen LogP contribution in [0.2, 0.25) is 0 Å². The summed E-state index contributed by atoms with van der Waals surface area (Å²) in [6, 6.07) is 0.330. The molecule has 17 heavy (non-hydrogen) atoms. The molecule has 1 aromatic rings. The van der Waals surface area contributed by atoms with Gasteiger partial charge in [-0.3, -0.25) is 4.79 Å². The summed E-state index contributed by atoms with van der Waals surface area (Å²) in [6.45, 7) is 2.92. The lowest BCUT2D eigenvalue weighted by Gasteiger charge is -2.25. The van der Waals surface area contributed by atoms with Crippen LogP contribution in [0, 0.1) is 0 Å². The lowest BCUT2D eigenvalue weighted by molar-refractivity contribution is 0.0922. The molecule has 2 rings (SSSR count). The Hall–Kier alpha value is -1.30. The first-order valence-corrected chi connectivity index (χ1v) is 6.83. The fourth-order valence-electron chi connectivity index (χ4n) is 1.61. The van der Waals surface area contributed by atoms with Gasteiger partial charge in [0.25, 0.3) is 5.91 Å². The summed E-state index contributed by atoms with van der Waals surface area (Å²) in [6.07, 6.45) is 4.37. The summed E-state index contributed by atoms with van der Waals surface area (Å²) >= 11 is 1.32. The number of aromatic nitrogens is 1. The van der Waals surface area contributed by atoms with Gasteiger partial charge in [-0.05, 0) is 25.7 Å². The molecule has 1 amide bonds. The number of thiazole rings is 1. The second kappa shape index (κ2) is 5.35. The van der Waals surface area contributed by atoms with E-state index in [1.165, 1.54) is 17.8 Å². The predicted molar refractivity (Wildman–Crippen MR) is 70.4 cm³/mol. The fraction of sp³-hybridized carbons (Fsp3) is 0.636. The maximum Gasteiger partial charge on any atom is 0.265 e. The average Bonchev–Trinajstić information content (AvgIpc) is 2.62. The van der Waals surface area contributed by atoms with E-state index in [0.717, 1.165) is 30.9 Å². The molecule has 0 aliphatic heterocycles. The Labute approximate surface area is 105 Å². The molecule has 6 heteroatoms. The van der Waals surface area contributed by atoms with Crippen molar-refractivity contribution in [3.05, 3.63) is 4.88 Å². The Morgan fingerprint density at radius 3 is 2.94 bits per heavy atom. The minimum Gasteiger partial charge on any atom is -0.382 e. The normalized spacial score (nSPS) is 15.4. The molecular weight excluding hydrogens is 236 g/mol. The summed E-state index contributed by atoms with van der Waals surface area (Å²) in [5.74, 6) is 0.236. The number of nitrogens with one attached hydrogen (secondary N) is 2. The molecule has 1 aliphatic carbocycles. The van der Waals surface area contributed by atoms with Crippen LogP contribution in [0.3, 0.4) is 0 Å². The number of carbonyl (C=O) groups excluding carboxylic acids is 1. The highest BCUT2D eigenvalue weighted by molar-refractivity contribution is 7.18. The number of nitrogens with two attached hydrogens (primary N) is 1. The zero-order valence-corrected chi connectivity index (χ0v) is 10.8. The first-order chi connectivity index (χ1) is 8.20. The van der Waals surface area contributed by atoms with Crippen molar-refractivity contribution in [1.82, 2.24) is 10.3 Å². The van der Waals surface area contributed by atoms with Gasteiger partial charge < -0.3 is 16.4 Å². The number of nitrogen functional groups attached to an aromatic ring is 1. The second-order valence-electron chi connectivity index (χ2n) is 4.26. The predicted octanol–water partition coefficient (Wildman–Crippen LogP) is 1.83. The molecule has 0 unspecified atom stereocenters. The SMILES string of the molecule is CCCNc1nc(N)c(C(=O)NC2CCC2)s1. The molecule has 0 saturated heterocycles. The molecule has 1 heterocycles. The molecule has 1 fully saturated rings. The summed E-state index contributed by atoms with van der Waals surface area (Å²) in [7, 11) is 0. The Kier molecular flexibility index (Phi) is 3.83. The largest absolute Gasteiger partial charge is 0.382 e. The van der Waals surface area contributed by atoms with Crippen LogP contribution in [-0.2, 0) is 0 Å². The van der Waals surface area contributed by atoms with E-state index in [9.17, 15) is 4.79 Å². The number of hydrogen-bond acceptors (Lipinski definition) is 5. The summed E-state index contributed by atoms with van der Waals surface area (Å²) in [5.41, 5.74) is 5.75. The lowest BCUT2D eigenvalue weighted by Crippen LogP contribution is -2.39. The summed E-state index contributed by atoms with van der Waals surface area (Å²) in [5, 5.41) is 6.83. The zero-order chi connectivity index (χ0) is 12.3. The van der Waals surface area contributed by atoms with E-state index in [2.05, 4.69) is 22.5 Å². The molecule has 0 aromatic carbocycles. The van der Waals surface area contributed by atoms with Crippen LogP contribution in [0.25, 0.3) is 0 Å². The molecule has 5 nitrogen and oxygen atoms in total. The third-order valence-corrected chi connectivity index (χ3v) is 3.85. The van der Waals surface area contributed by atoms with E-state index >= 15 is 0 Å². The first-order valence-electron chi connectivity index (χ1n) is 6.01. The maximum absolute atomic E-state index is 11.9. The molecule has 1 aliphatic rings. The highest BCUT2D eigenvalue weighted by Crippen LogP contribution is 2.26. The van der Waals surface area contributed by atoms with Crippen LogP contribution in [0.1, 0.15) is 42.3 Å². The first kappa shape index (κ1) is 12.2. The summed E-state index contributed by atoms with van der Waals surface area (Å²) in [4.78, 5) is 16.6. The van der Waals surface area contributed by atoms with Crippen molar-refractivity contribution < 1.29 is 4.79 Å². The highest BCUT2D eigenvalue weighted by Gasteiger charge is 2.23. The number of nitrogens with zero attached hydrogens (tertiary/aromatic N) is 1. The molecule has 0 spiro atoms. The summed E-state index contributed by atoms with van der Waals surface area (Å²) < 4.78 is 0. The third-order valence-electron chi connectivity index (χ3n) is 2.83. The van der Waals surface area contributed by atoms with Crippen LogP contribution in [-0.4, -0.2) is 23.5 Å². The van der Waals surface area contributed by atoms with Gasteiger partial charge in [0.15, 0.2) is 5.13 Å². The fourth-order valence-corrected chi connectivity index (χ4v) is 2.42. The lowest BCUT2D eigenvalue weighted by atomic mass is 9.93. The quantitative estimate of drug-likeness (QED) is 0.749. The monoisotopic (exact) mass is 254 g/mol. The van der Waals surface area contributed by atoms with Crippen LogP contribution in [0.4, 0.5) is 10.9 Å². The van der Waals surface area contributed by atoms with Crippen LogP contribution in [0.15, 0.2) is 0 Å². The van der Waals surface area contributed by atoms with E-state index < -0.39 is 0 Å². The van der Waals surface area contributed by atoms with Crippen LogP contribution in [0.5, 0.6) is 0 Å². The van der Waals surface area contributed by atoms with Gasteiger partial charge >= 0.3 is 0 Å². The van der Waals surface area contributed by atoms with Crippen molar-refractivity contribution >= 4 is 28.2 Å². The zero-order valence-electron chi connectivity index (χ0n) is 9.95. The smallest absolute Gasteiger partial charge is 0.265 e. The minimum atomic E-state index is -0.0887. The van der Waals surface area contributed by atoms with Gasteiger partial charge in [0.2, 0.25) is 0 Å². The van der Waals surface area contributed by atoms with Crippen molar-refractivity contribution in [2.24, 2.45) is 0 Å². The van der Waals surface area contributed by atoms with Gasteiger partial charge in [-0.1, -0.05) is 18.3 Å². The van der Waals surface area contributed by atoms with Crippen LogP contribution < -0.4 is 16.4 Å². The van der Waals surface area contributed by atoms with Crippen molar-refractivity contribution in [1.29, 1.82) is 0 Å². The second-order valence-corrected chi connectivity index (χ2v) is 5.26. The Balaban J connectivity index is 1.98. The Morgan fingerprint density at radius 2 is 2.35 bits per heavy atom. The van der Waals surface area contributed by atoms with Gasteiger partial charge in [0, 0.05) is 12.6 Å². The van der Waals surface area contributed by atoms with Crippen molar-refractivity contribution in [2.45, 2.75) is 38.6 Å². The van der Waals surface area contributed by atoms with Gasteiger partial charge in [0.1, 0.15) is 10.7 Å². The van der Waals surface area contributed by atoms with E-state index in [-0.39, 0.29) is 5.91 Å². The molecule has 1 saturated carbocycles. The number of hydrogen-bond donors (Lipinski definition) is 3. The number of amides is 1. The van der Waals surface area contributed by atoms with Crippen molar-refractivity contribution in [3.8, 4) is 0 Å². The number of rotatable bonds is 5. The van der Waals surface area contributed by atoms with E-state index in [4.69, 9.17) is 5.73 Å². The molecule has 0 atom stereocenters. The maximum atomic E-state index is 11.9. The molecule has 0 radical (unpaired) electrons. The van der Waals surface area contributed by atoms with Gasteiger partial charge in [-0.2, -0.15) is 0 Å². The van der Waals surface area contributed by atoms with E-state index in [1.54, 1.807) is 0 Å². The third kappa shape index (κ3) is 2.88. The highest BCUT2D eigenvalue weighted by atomic mass is 32.1. The number of carbonyl (C=O) groups is 1. The minimum absolute atomic E-state index is 0.0887.